The van der Waals surface area contributed by atoms with Crippen molar-refractivity contribution in [1.82, 2.24) is 0 Å². The molecular formula is C23H18ClNO4. The van der Waals surface area contributed by atoms with Gasteiger partial charge in [-0.1, -0.05) is 72.3 Å². The van der Waals surface area contributed by atoms with Crippen LogP contribution >= 0.6 is 11.6 Å². The normalized spacial score (nSPS) is 20.4. The Kier molecular flexibility index (Phi) is 5.32. The minimum Gasteiger partial charge on any atom is -0.478 e. The first-order chi connectivity index (χ1) is 14.0. The molecule has 1 aliphatic heterocycles. The van der Waals surface area contributed by atoms with Crippen LogP contribution in [0.5, 0.6) is 5.75 Å². The lowest BCUT2D eigenvalue weighted by molar-refractivity contribution is -0.540. The number of Topliss-reactive ketones (excluding diaryl/α,β-unsaturated/α-hetero) is 1. The molecule has 0 saturated carbocycles. The van der Waals surface area contributed by atoms with Crippen molar-refractivity contribution in [1.29, 1.82) is 0 Å². The Hall–Kier alpha value is -3.18. The second-order valence-electron chi connectivity index (χ2n) is 7.01. The maximum atomic E-state index is 12.9. The molecule has 1 heterocycles. The third kappa shape index (κ3) is 3.87. The van der Waals surface area contributed by atoms with Gasteiger partial charge in [-0.3, -0.25) is 14.9 Å². The fraction of sp³-hybridized carbons (Fsp3) is 0.174. The number of nitrogens with zero attached hydrogens (tertiary/aromatic N) is 1. The lowest BCUT2D eigenvalue weighted by Gasteiger charge is -2.34. The average molecular weight is 408 g/mol. The number of ketones is 1. The summed E-state index contributed by atoms with van der Waals surface area (Å²) in [5.41, 5.74) is 1.82. The first-order valence-corrected chi connectivity index (χ1v) is 9.65. The van der Waals surface area contributed by atoms with Gasteiger partial charge in [-0.25, -0.2) is 0 Å². The Morgan fingerprint density at radius 2 is 1.66 bits per heavy atom. The van der Waals surface area contributed by atoms with Crippen LogP contribution in [0.3, 0.4) is 0 Å². The van der Waals surface area contributed by atoms with Crippen LogP contribution < -0.4 is 4.74 Å². The topological polar surface area (TPSA) is 69.4 Å². The van der Waals surface area contributed by atoms with Crippen LogP contribution in [0.1, 0.15) is 39.9 Å². The summed E-state index contributed by atoms with van der Waals surface area (Å²) < 4.78 is 6.05. The zero-order chi connectivity index (χ0) is 20.4. The molecule has 1 aliphatic rings. The van der Waals surface area contributed by atoms with Gasteiger partial charge >= 0.3 is 0 Å². The summed E-state index contributed by atoms with van der Waals surface area (Å²) in [6.07, 6.45) is -0.802. The lowest BCUT2D eigenvalue weighted by Crippen LogP contribution is -2.41. The van der Waals surface area contributed by atoms with Crippen LogP contribution in [0.4, 0.5) is 0 Å². The van der Waals surface area contributed by atoms with Gasteiger partial charge in [-0.15, -0.1) is 0 Å². The molecule has 146 valence electrons. The van der Waals surface area contributed by atoms with Crippen LogP contribution in [0.15, 0.2) is 78.9 Å². The highest BCUT2D eigenvalue weighted by atomic mass is 35.5. The van der Waals surface area contributed by atoms with E-state index in [0.29, 0.717) is 27.5 Å². The van der Waals surface area contributed by atoms with Gasteiger partial charge in [0.1, 0.15) is 5.75 Å². The second kappa shape index (κ2) is 8.05. The van der Waals surface area contributed by atoms with Crippen molar-refractivity contribution in [3.63, 3.8) is 0 Å². The van der Waals surface area contributed by atoms with E-state index >= 15 is 0 Å². The van der Waals surface area contributed by atoms with E-state index in [1.807, 2.05) is 24.3 Å². The molecule has 0 spiro atoms. The summed E-state index contributed by atoms with van der Waals surface area (Å²) in [5.74, 6) is -0.292. The van der Waals surface area contributed by atoms with Crippen LogP contribution in [-0.4, -0.2) is 16.7 Å². The number of carbonyl (C=O) groups is 1. The van der Waals surface area contributed by atoms with Gasteiger partial charge in [-0.2, -0.15) is 0 Å². The van der Waals surface area contributed by atoms with Crippen molar-refractivity contribution < 1.29 is 14.5 Å². The van der Waals surface area contributed by atoms with Gasteiger partial charge < -0.3 is 4.74 Å². The van der Waals surface area contributed by atoms with Crippen molar-refractivity contribution in [3.8, 4) is 5.75 Å². The largest absolute Gasteiger partial charge is 0.478 e. The van der Waals surface area contributed by atoms with E-state index in [2.05, 4.69) is 0 Å². The number of carbonyl (C=O) groups excluding carboxylic acids is 1. The number of hydrogen-bond donors (Lipinski definition) is 0. The molecule has 0 amide bonds. The van der Waals surface area contributed by atoms with Crippen LogP contribution in [0, 0.1) is 10.1 Å². The summed E-state index contributed by atoms with van der Waals surface area (Å²) in [7, 11) is 0. The summed E-state index contributed by atoms with van der Waals surface area (Å²) in [6, 6.07) is 21.9. The van der Waals surface area contributed by atoms with Crippen molar-refractivity contribution in [2.75, 3.05) is 0 Å². The number of fused-ring (bicyclic) bond motifs is 1. The highest BCUT2D eigenvalue weighted by molar-refractivity contribution is 6.30. The third-order valence-electron chi connectivity index (χ3n) is 5.22. The average Bonchev–Trinajstić information content (AvgIpc) is 2.74. The van der Waals surface area contributed by atoms with E-state index in [0.717, 1.165) is 0 Å². The van der Waals surface area contributed by atoms with Gasteiger partial charge in [0, 0.05) is 27.5 Å². The molecule has 0 bridgehead atoms. The number of ether oxygens (including phenoxy) is 1. The van der Waals surface area contributed by atoms with Gasteiger partial charge in [0.05, 0.1) is 5.92 Å². The fourth-order valence-electron chi connectivity index (χ4n) is 3.86. The number of benzene rings is 3. The summed E-state index contributed by atoms with van der Waals surface area (Å²) in [5, 5.41) is 12.6. The molecule has 29 heavy (non-hydrogen) atoms. The first-order valence-electron chi connectivity index (χ1n) is 9.27. The third-order valence-corrected chi connectivity index (χ3v) is 5.46. The van der Waals surface area contributed by atoms with Gasteiger partial charge in [0.15, 0.2) is 11.9 Å². The molecule has 3 aromatic rings. The molecular weight excluding hydrogens is 390 g/mol. The number of nitro groups is 1. The quantitative estimate of drug-likeness (QED) is 0.319. The predicted octanol–water partition coefficient (Wildman–Crippen LogP) is 5.48. The number of rotatable bonds is 5. The Balaban J connectivity index is 1.79. The fourth-order valence-corrected chi connectivity index (χ4v) is 4.04. The molecule has 0 saturated heterocycles. The second-order valence-corrected chi connectivity index (χ2v) is 7.44. The van der Waals surface area contributed by atoms with E-state index < -0.39 is 18.1 Å². The van der Waals surface area contributed by atoms with Crippen molar-refractivity contribution >= 4 is 17.4 Å². The van der Waals surface area contributed by atoms with E-state index in [9.17, 15) is 14.9 Å². The van der Waals surface area contributed by atoms with Crippen molar-refractivity contribution in [3.05, 3.63) is 111 Å². The standard InChI is InChI=1S/C23H18ClNO4/c24-17-11-12-21-18(13-17)19(14-20(26)15-7-3-1-4-8-15)22(25(27)28)23(29-21)16-9-5-2-6-10-16/h1-13,19,22-23H,14H2/t19-,22+,23-/m1/s1. The summed E-state index contributed by atoms with van der Waals surface area (Å²) in [4.78, 5) is 24.7. The summed E-state index contributed by atoms with van der Waals surface area (Å²) in [6.45, 7) is 0. The maximum absolute atomic E-state index is 12.9. The van der Waals surface area contributed by atoms with E-state index in [1.165, 1.54) is 0 Å². The monoisotopic (exact) mass is 407 g/mol. The molecule has 0 N–H and O–H groups in total. The molecule has 0 unspecified atom stereocenters. The first kappa shape index (κ1) is 19.2. The molecule has 0 aliphatic carbocycles. The zero-order valence-corrected chi connectivity index (χ0v) is 16.2. The Labute approximate surface area is 173 Å². The Morgan fingerprint density at radius 1 is 1.00 bits per heavy atom. The van der Waals surface area contributed by atoms with E-state index in [1.54, 1.807) is 54.6 Å². The molecule has 5 nitrogen and oxygen atoms in total. The molecule has 0 radical (unpaired) electrons. The number of hydrogen-bond acceptors (Lipinski definition) is 4. The number of halogens is 1. The van der Waals surface area contributed by atoms with Gasteiger partial charge in [-0.05, 0) is 23.8 Å². The van der Waals surface area contributed by atoms with Crippen LogP contribution in [-0.2, 0) is 0 Å². The van der Waals surface area contributed by atoms with Crippen molar-refractivity contribution in [2.45, 2.75) is 24.5 Å². The minimum absolute atomic E-state index is 0.00427. The lowest BCUT2D eigenvalue weighted by atomic mass is 9.79. The molecule has 0 fully saturated rings. The van der Waals surface area contributed by atoms with Crippen molar-refractivity contribution in [2.24, 2.45) is 0 Å². The van der Waals surface area contributed by atoms with E-state index in [-0.39, 0.29) is 17.1 Å². The molecule has 6 heteroatoms. The van der Waals surface area contributed by atoms with E-state index in [4.69, 9.17) is 16.3 Å². The molecule has 3 aromatic carbocycles. The Bertz CT molecular complexity index is 1040. The zero-order valence-electron chi connectivity index (χ0n) is 15.4. The van der Waals surface area contributed by atoms with Crippen LogP contribution in [0.2, 0.25) is 5.02 Å². The maximum Gasteiger partial charge on any atom is 0.260 e. The van der Waals surface area contributed by atoms with Crippen LogP contribution in [0.25, 0.3) is 0 Å². The summed E-state index contributed by atoms with van der Waals surface area (Å²) >= 11 is 6.17. The van der Waals surface area contributed by atoms with Gasteiger partial charge in [0.2, 0.25) is 0 Å². The SMILES string of the molecule is O=C(C[C@@H]1c2cc(Cl)ccc2O[C@H](c2ccccc2)[C@H]1[N+](=O)[O-])c1ccccc1. The minimum atomic E-state index is -1.11. The molecule has 3 atom stereocenters. The van der Waals surface area contributed by atoms with Gasteiger partial charge in [0.25, 0.3) is 6.04 Å². The highest BCUT2D eigenvalue weighted by Crippen LogP contribution is 2.46. The smallest absolute Gasteiger partial charge is 0.260 e. The predicted molar refractivity (Wildman–Crippen MR) is 110 cm³/mol. The molecule has 4 rings (SSSR count). The molecule has 0 aromatic heterocycles. The Morgan fingerprint density at radius 3 is 2.31 bits per heavy atom. The highest BCUT2D eigenvalue weighted by Gasteiger charge is 2.48.